The molecule has 1 atom stereocenters. The second-order valence-corrected chi connectivity index (χ2v) is 4.12. The van der Waals surface area contributed by atoms with E-state index in [4.69, 9.17) is 15.3 Å². The van der Waals surface area contributed by atoms with Crippen molar-refractivity contribution in [1.29, 1.82) is 10.5 Å². The zero-order valence-corrected chi connectivity index (χ0v) is 9.37. The van der Waals surface area contributed by atoms with Crippen LogP contribution in [0.25, 0.3) is 0 Å². The minimum absolute atomic E-state index is 0.119. The summed E-state index contributed by atoms with van der Waals surface area (Å²) in [6.07, 6.45) is 2.00. The molecule has 1 unspecified atom stereocenters. The normalized spacial score (nSPS) is 17.9. The fourth-order valence-electron chi connectivity index (χ4n) is 2.06. The lowest BCUT2D eigenvalue weighted by Crippen LogP contribution is -2.20. The molecule has 1 aliphatic rings. The average Bonchev–Trinajstić information content (AvgIpc) is 2.28. The van der Waals surface area contributed by atoms with Crippen LogP contribution in [-0.4, -0.2) is 6.10 Å². The first-order chi connectivity index (χ1) is 7.67. The largest absolute Gasteiger partial charge is 0.489 e. The number of hydrogen-bond donors (Lipinski definition) is 0. The van der Waals surface area contributed by atoms with Gasteiger partial charge in [-0.05, 0) is 37.8 Å². The number of fused-ring (bicyclic) bond motifs is 1. The highest BCUT2D eigenvalue weighted by atomic mass is 16.5. The Morgan fingerprint density at radius 1 is 1.31 bits per heavy atom. The summed E-state index contributed by atoms with van der Waals surface area (Å²) in [6, 6.07) is 6.12. The van der Waals surface area contributed by atoms with Crippen molar-refractivity contribution in [1.82, 2.24) is 0 Å². The van der Waals surface area contributed by atoms with E-state index in [2.05, 4.69) is 12.1 Å². The Bertz CT molecular complexity index is 520. The van der Waals surface area contributed by atoms with Gasteiger partial charge in [-0.3, -0.25) is 0 Å². The fraction of sp³-hybridized carbons (Fsp3) is 0.385. The van der Waals surface area contributed by atoms with Crippen LogP contribution in [0.15, 0.2) is 6.07 Å². The van der Waals surface area contributed by atoms with E-state index in [1.165, 1.54) is 0 Å². The second-order valence-electron chi connectivity index (χ2n) is 4.12. The third kappa shape index (κ3) is 1.51. The summed E-state index contributed by atoms with van der Waals surface area (Å²) in [7, 11) is 0. The molecule has 80 valence electrons. The highest BCUT2D eigenvalue weighted by Gasteiger charge is 2.23. The molecular formula is C13H12N2O. The Hall–Kier alpha value is -2.00. The lowest BCUT2D eigenvalue weighted by Gasteiger charge is -2.25. The maximum atomic E-state index is 9.14. The van der Waals surface area contributed by atoms with Crippen molar-refractivity contribution in [3.63, 3.8) is 0 Å². The number of ether oxygens (including phenoxy) is 1. The molecule has 0 saturated heterocycles. The molecule has 1 aromatic carbocycles. The minimum Gasteiger partial charge on any atom is -0.489 e. The van der Waals surface area contributed by atoms with E-state index >= 15 is 0 Å². The van der Waals surface area contributed by atoms with Crippen molar-refractivity contribution in [2.75, 3.05) is 0 Å². The van der Waals surface area contributed by atoms with Crippen LogP contribution in [-0.2, 0) is 6.42 Å². The monoisotopic (exact) mass is 212 g/mol. The standard InChI is InChI=1S/C13H12N2O/c1-8-5-10-4-3-9(2)16-13(10)12(7-15)11(8)6-14/h5,9H,3-4H2,1-2H3. The van der Waals surface area contributed by atoms with Gasteiger partial charge in [0.1, 0.15) is 23.5 Å². The van der Waals surface area contributed by atoms with E-state index in [1.807, 2.05) is 19.9 Å². The first kappa shape index (κ1) is 10.5. The lowest BCUT2D eigenvalue weighted by molar-refractivity contribution is 0.192. The third-order valence-corrected chi connectivity index (χ3v) is 2.92. The molecule has 1 aliphatic heterocycles. The highest BCUT2D eigenvalue weighted by molar-refractivity contribution is 5.61. The first-order valence-corrected chi connectivity index (χ1v) is 5.30. The van der Waals surface area contributed by atoms with Crippen molar-refractivity contribution >= 4 is 0 Å². The van der Waals surface area contributed by atoms with Gasteiger partial charge in [-0.15, -0.1) is 0 Å². The molecule has 0 radical (unpaired) electrons. The molecule has 16 heavy (non-hydrogen) atoms. The van der Waals surface area contributed by atoms with Crippen LogP contribution in [0.4, 0.5) is 0 Å². The van der Waals surface area contributed by atoms with E-state index < -0.39 is 0 Å². The molecule has 1 heterocycles. The Labute approximate surface area is 94.9 Å². The van der Waals surface area contributed by atoms with Crippen molar-refractivity contribution < 1.29 is 4.74 Å². The maximum Gasteiger partial charge on any atom is 0.142 e. The van der Waals surface area contributed by atoms with Gasteiger partial charge in [0.25, 0.3) is 0 Å². The van der Waals surface area contributed by atoms with Gasteiger partial charge in [0.05, 0.1) is 11.7 Å². The molecule has 0 saturated carbocycles. The molecule has 0 aliphatic carbocycles. The molecular weight excluding hydrogens is 200 g/mol. The second kappa shape index (κ2) is 3.87. The van der Waals surface area contributed by atoms with Crippen LogP contribution < -0.4 is 4.74 Å². The van der Waals surface area contributed by atoms with Crippen LogP contribution in [0, 0.1) is 29.6 Å². The molecule has 3 heteroatoms. The number of rotatable bonds is 0. The Morgan fingerprint density at radius 2 is 2.00 bits per heavy atom. The van der Waals surface area contributed by atoms with Gasteiger partial charge in [0.15, 0.2) is 0 Å². The summed E-state index contributed by atoms with van der Waals surface area (Å²) in [5, 5.41) is 18.2. The van der Waals surface area contributed by atoms with Gasteiger partial charge in [0, 0.05) is 0 Å². The fourth-order valence-corrected chi connectivity index (χ4v) is 2.06. The van der Waals surface area contributed by atoms with Crippen LogP contribution in [0.1, 0.15) is 35.6 Å². The topological polar surface area (TPSA) is 56.8 Å². The smallest absolute Gasteiger partial charge is 0.142 e. The average molecular weight is 212 g/mol. The summed E-state index contributed by atoms with van der Waals surface area (Å²) in [6.45, 7) is 3.84. The molecule has 0 fully saturated rings. The number of hydrogen-bond acceptors (Lipinski definition) is 3. The van der Waals surface area contributed by atoms with Crippen molar-refractivity contribution in [2.45, 2.75) is 32.8 Å². The van der Waals surface area contributed by atoms with Gasteiger partial charge in [-0.1, -0.05) is 6.07 Å². The van der Waals surface area contributed by atoms with Gasteiger partial charge in [-0.2, -0.15) is 10.5 Å². The number of nitrogens with zero attached hydrogens (tertiary/aromatic N) is 2. The molecule has 1 aromatic rings. The van der Waals surface area contributed by atoms with E-state index in [9.17, 15) is 0 Å². The summed E-state index contributed by atoms with van der Waals surface area (Å²) in [5.41, 5.74) is 2.74. The minimum atomic E-state index is 0.119. The summed E-state index contributed by atoms with van der Waals surface area (Å²) in [4.78, 5) is 0. The van der Waals surface area contributed by atoms with Gasteiger partial charge in [-0.25, -0.2) is 0 Å². The van der Waals surface area contributed by atoms with E-state index in [0.29, 0.717) is 16.9 Å². The third-order valence-electron chi connectivity index (χ3n) is 2.92. The van der Waals surface area contributed by atoms with Crippen LogP contribution in [0.3, 0.4) is 0 Å². The van der Waals surface area contributed by atoms with E-state index in [1.54, 1.807) is 0 Å². The molecule has 0 amide bonds. The van der Waals surface area contributed by atoms with Crippen LogP contribution in [0.2, 0.25) is 0 Å². The van der Waals surface area contributed by atoms with Gasteiger partial charge in [0.2, 0.25) is 0 Å². The predicted octanol–water partition coefficient (Wildman–Crippen LogP) is 2.45. The number of aryl methyl sites for hydroxylation is 2. The number of nitriles is 2. The Balaban J connectivity index is 2.69. The predicted molar refractivity (Wildman–Crippen MR) is 59.0 cm³/mol. The number of benzene rings is 1. The molecule has 3 nitrogen and oxygen atoms in total. The summed E-state index contributed by atoms with van der Waals surface area (Å²) < 4.78 is 5.68. The van der Waals surface area contributed by atoms with Crippen LogP contribution in [0.5, 0.6) is 5.75 Å². The first-order valence-electron chi connectivity index (χ1n) is 5.30. The van der Waals surface area contributed by atoms with Crippen LogP contribution >= 0.6 is 0 Å². The Morgan fingerprint density at radius 3 is 2.62 bits per heavy atom. The Kier molecular flexibility index (Phi) is 2.54. The molecule has 0 aromatic heterocycles. The SMILES string of the molecule is Cc1cc2c(c(C#N)c1C#N)OC(C)CC2. The van der Waals surface area contributed by atoms with Crippen molar-refractivity contribution in [2.24, 2.45) is 0 Å². The molecule has 0 spiro atoms. The zero-order valence-electron chi connectivity index (χ0n) is 9.37. The van der Waals surface area contributed by atoms with Gasteiger partial charge >= 0.3 is 0 Å². The zero-order chi connectivity index (χ0) is 11.7. The van der Waals surface area contributed by atoms with Crippen molar-refractivity contribution in [3.8, 4) is 17.9 Å². The summed E-state index contributed by atoms with van der Waals surface area (Å²) >= 11 is 0. The van der Waals surface area contributed by atoms with Gasteiger partial charge < -0.3 is 4.74 Å². The quantitative estimate of drug-likeness (QED) is 0.663. The molecule has 2 rings (SSSR count). The summed E-state index contributed by atoms with van der Waals surface area (Å²) in [5.74, 6) is 0.614. The highest BCUT2D eigenvalue weighted by Crippen LogP contribution is 2.34. The lowest BCUT2D eigenvalue weighted by atomic mass is 9.93. The van der Waals surface area contributed by atoms with Crippen molar-refractivity contribution in [3.05, 3.63) is 28.3 Å². The molecule has 0 N–H and O–H groups in total. The van der Waals surface area contributed by atoms with E-state index in [-0.39, 0.29) is 6.10 Å². The maximum absolute atomic E-state index is 9.14. The molecule has 0 bridgehead atoms. The van der Waals surface area contributed by atoms with E-state index in [0.717, 1.165) is 24.0 Å².